The minimum Gasteiger partial charge on any atom is -0.360 e. The lowest BCUT2D eigenvalue weighted by Crippen LogP contribution is -1.93. The molecule has 16 heavy (non-hydrogen) atoms. The Morgan fingerprint density at radius 3 is 2.44 bits per heavy atom. The zero-order valence-electron chi connectivity index (χ0n) is 10.1. The number of halogens is 2. The summed E-state index contributed by atoms with van der Waals surface area (Å²) >= 11 is 6.00. The number of benzene rings is 1. The Labute approximate surface area is 101 Å². The van der Waals surface area contributed by atoms with E-state index in [-0.39, 0.29) is 11.7 Å². The lowest BCUT2D eigenvalue weighted by Gasteiger charge is -2.08. The Kier molecular flexibility index (Phi) is 4.36. The molecular weight excluding hydrogens is 225 g/mol. The summed E-state index contributed by atoms with van der Waals surface area (Å²) in [5.74, 6) is -0.0546. The molecule has 3 heteroatoms. The minimum absolute atomic E-state index is 0.131. The topological polar surface area (TPSA) is 15.8 Å². The molecule has 0 radical (unpaired) electrons. The van der Waals surface area contributed by atoms with Gasteiger partial charge < -0.3 is 4.98 Å². The Balaban J connectivity index is 0.000000606. The highest BCUT2D eigenvalue weighted by Crippen LogP contribution is 2.32. The van der Waals surface area contributed by atoms with E-state index in [1.54, 1.807) is 12.3 Å². The summed E-state index contributed by atoms with van der Waals surface area (Å²) in [7, 11) is 0. The fraction of sp³-hybridized carbons (Fsp3) is 0.385. The number of aromatic nitrogens is 1. The second kappa shape index (κ2) is 5.35. The second-order valence-corrected chi connectivity index (χ2v) is 4.08. The first-order valence-electron chi connectivity index (χ1n) is 5.56. The molecule has 0 atom stereocenters. The van der Waals surface area contributed by atoms with E-state index < -0.39 is 0 Å². The lowest BCUT2D eigenvalue weighted by molar-refractivity contribution is 0.602. The number of nitrogens with one attached hydrogen (secondary N) is 1. The highest BCUT2D eigenvalue weighted by Gasteiger charge is 2.14. The molecule has 1 nitrogen and oxygen atoms in total. The molecule has 0 amide bonds. The highest BCUT2D eigenvalue weighted by molar-refractivity contribution is 6.35. The molecule has 0 unspecified atom stereocenters. The van der Waals surface area contributed by atoms with Crippen LogP contribution in [-0.2, 0) is 0 Å². The van der Waals surface area contributed by atoms with Crippen LogP contribution in [0.15, 0.2) is 18.3 Å². The van der Waals surface area contributed by atoms with Gasteiger partial charge in [-0.05, 0) is 18.1 Å². The first-order valence-corrected chi connectivity index (χ1v) is 5.94. The zero-order valence-corrected chi connectivity index (χ0v) is 10.8. The van der Waals surface area contributed by atoms with Crippen LogP contribution in [-0.4, -0.2) is 4.98 Å². The van der Waals surface area contributed by atoms with E-state index in [1.807, 2.05) is 27.7 Å². The molecule has 2 aromatic rings. The van der Waals surface area contributed by atoms with Crippen LogP contribution in [0.4, 0.5) is 4.39 Å². The molecular formula is C13H17ClFN. The van der Waals surface area contributed by atoms with Crippen molar-refractivity contribution in [2.75, 3.05) is 0 Å². The molecule has 0 fully saturated rings. The normalized spacial score (nSPS) is 10.4. The maximum absolute atomic E-state index is 13.6. The van der Waals surface area contributed by atoms with E-state index in [0.29, 0.717) is 10.6 Å². The second-order valence-electron chi connectivity index (χ2n) is 3.67. The van der Waals surface area contributed by atoms with Gasteiger partial charge in [-0.25, -0.2) is 4.39 Å². The van der Waals surface area contributed by atoms with Crippen molar-refractivity contribution >= 4 is 22.5 Å². The van der Waals surface area contributed by atoms with E-state index in [4.69, 9.17) is 11.6 Å². The van der Waals surface area contributed by atoms with Gasteiger partial charge in [0, 0.05) is 22.7 Å². The Hall–Kier alpha value is -1.02. The number of hydrogen-bond acceptors (Lipinski definition) is 0. The molecule has 0 saturated carbocycles. The Bertz CT molecular complexity index is 474. The summed E-state index contributed by atoms with van der Waals surface area (Å²) in [6.45, 7) is 7.92. The zero-order chi connectivity index (χ0) is 12.3. The standard InChI is InChI=1S/C11H11ClFN.C2H6/c1-6(2)10-8(13)3-4-9-11(10)7(12)5-14-9;1-2/h3-6,14H,1-2H3;1-2H3. The van der Waals surface area contributed by atoms with E-state index >= 15 is 0 Å². The van der Waals surface area contributed by atoms with Crippen LogP contribution >= 0.6 is 11.6 Å². The van der Waals surface area contributed by atoms with E-state index in [2.05, 4.69) is 4.98 Å². The van der Waals surface area contributed by atoms with Crippen LogP contribution in [0.3, 0.4) is 0 Å². The number of fused-ring (bicyclic) bond motifs is 1. The maximum Gasteiger partial charge on any atom is 0.127 e. The van der Waals surface area contributed by atoms with Gasteiger partial charge >= 0.3 is 0 Å². The van der Waals surface area contributed by atoms with Crippen molar-refractivity contribution in [3.05, 3.63) is 34.7 Å². The first kappa shape index (κ1) is 13.0. The summed E-state index contributed by atoms with van der Waals surface area (Å²) in [5.41, 5.74) is 1.58. The van der Waals surface area contributed by atoms with Crippen molar-refractivity contribution in [2.24, 2.45) is 0 Å². The fourth-order valence-electron chi connectivity index (χ4n) is 1.75. The van der Waals surface area contributed by atoms with E-state index in [9.17, 15) is 4.39 Å². The van der Waals surface area contributed by atoms with Gasteiger partial charge in [0.05, 0.1) is 5.02 Å². The third-order valence-corrected chi connectivity index (χ3v) is 2.66. The fourth-order valence-corrected chi connectivity index (χ4v) is 2.01. The molecule has 0 aliphatic carbocycles. The van der Waals surface area contributed by atoms with Crippen molar-refractivity contribution in [1.29, 1.82) is 0 Å². The smallest absolute Gasteiger partial charge is 0.127 e. The summed E-state index contributed by atoms with van der Waals surface area (Å²) in [6, 6.07) is 3.19. The molecule has 0 aliphatic rings. The lowest BCUT2D eigenvalue weighted by atomic mass is 9.99. The minimum atomic E-state index is -0.186. The van der Waals surface area contributed by atoms with Gasteiger partial charge in [-0.3, -0.25) is 0 Å². The van der Waals surface area contributed by atoms with Crippen LogP contribution < -0.4 is 0 Å². The monoisotopic (exact) mass is 241 g/mol. The summed E-state index contributed by atoms with van der Waals surface area (Å²) in [4.78, 5) is 3.01. The van der Waals surface area contributed by atoms with Crippen molar-refractivity contribution in [3.63, 3.8) is 0 Å². The molecule has 1 aromatic carbocycles. The Morgan fingerprint density at radius 1 is 1.25 bits per heavy atom. The molecule has 0 bridgehead atoms. The van der Waals surface area contributed by atoms with Crippen molar-refractivity contribution in [3.8, 4) is 0 Å². The van der Waals surface area contributed by atoms with Crippen molar-refractivity contribution in [2.45, 2.75) is 33.6 Å². The highest BCUT2D eigenvalue weighted by atomic mass is 35.5. The van der Waals surface area contributed by atoms with E-state index in [0.717, 1.165) is 10.9 Å². The molecule has 1 heterocycles. The van der Waals surface area contributed by atoms with Gasteiger partial charge in [0.1, 0.15) is 5.82 Å². The maximum atomic E-state index is 13.6. The number of rotatable bonds is 1. The molecule has 0 saturated heterocycles. The molecule has 1 aromatic heterocycles. The van der Waals surface area contributed by atoms with Gasteiger partial charge in [0.25, 0.3) is 0 Å². The first-order chi connectivity index (χ1) is 7.61. The van der Waals surface area contributed by atoms with Crippen LogP contribution in [0.25, 0.3) is 10.9 Å². The van der Waals surface area contributed by atoms with Gasteiger partial charge in [0.2, 0.25) is 0 Å². The van der Waals surface area contributed by atoms with Gasteiger partial charge in [-0.2, -0.15) is 0 Å². The molecule has 2 rings (SSSR count). The van der Waals surface area contributed by atoms with E-state index in [1.165, 1.54) is 6.07 Å². The summed E-state index contributed by atoms with van der Waals surface area (Å²) in [6.07, 6.45) is 1.69. The third kappa shape index (κ3) is 2.22. The van der Waals surface area contributed by atoms with Gasteiger partial charge in [0.15, 0.2) is 0 Å². The van der Waals surface area contributed by atoms with Crippen molar-refractivity contribution < 1.29 is 4.39 Å². The predicted molar refractivity (Wildman–Crippen MR) is 68.7 cm³/mol. The van der Waals surface area contributed by atoms with Crippen LogP contribution in [0.5, 0.6) is 0 Å². The molecule has 1 N–H and O–H groups in total. The SMILES string of the molecule is CC.CC(C)c1c(F)ccc2[nH]cc(Cl)c12. The van der Waals surface area contributed by atoms with Crippen LogP contribution in [0.1, 0.15) is 39.2 Å². The average Bonchev–Trinajstić information content (AvgIpc) is 2.63. The van der Waals surface area contributed by atoms with Crippen LogP contribution in [0.2, 0.25) is 5.02 Å². The average molecular weight is 242 g/mol. The van der Waals surface area contributed by atoms with Crippen LogP contribution in [0, 0.1) is 5.82 Å². The predicted octanol–water partition coefficient (Wildman–Crippen LogP) is 5.11. The number of H-pyrrole nitrogens is 1. The number of hydrogen-bond donors (Lipinski definition) is 1. The molecule has 0 aliphatic heterocycles. The quantitative estimate of drug-likeness (QED) is 0.714. The summed E-state index contributed by atoms with van der Waals surface area (Å²) < 4.78 is 13.6. The number of aromatic amines is 1. The van der Waals surface area contributed by atoms with Gasteiger partial charge in [-0.1, -0.05) is 39.3 Å². The molecule has 88 valence electrons. The molecule has 0 spiro atoms. The largest absolute Gasteiger partial charge is 0.360 e. The Morgan fingerprint density at radius 2 is 1.88 bits per heavy atom. The summed E-state index contributed by atoms with van der Waals surface area (Å²) in [5, 5.41) is 1.39. The third-order valence-electron chi connectivity index (χ3n) is 2.36. The van der Waals surface area contributed by atoms with Crippen molar-refractivity contribution in [1.82, 2.24) is 4.98 Å². The van der Waals surface area contributed by atoms with Gasteiger partial charge in [-0.15, -0.1) is 0 Å².